The molecular weight excluding hydrogens is 615 g/mol. The van der Waals surface area contributed by atoms with Crippen molar-refractivity contribution in [1.82, 2.24) is 20.4 Å². The van der Waals surface area contributed by atoms with Crippen LogP contribution in [0.4, 0.5) is 0 Å². The zero-order valence-corrected chi connectivity index (χ0v) is 25.5. The zero-order valence-electron chi connectivity index (χ0n) is 23.2. The highest BCUT2D eigenvalue weighted by atomic mass is 35.5. The molecule has 0 aliphatic carbocycles. The Morgan fingerprint density at radius 1 is 1.19 bits per heavy atom. The molecule has 0 unspecified atom stereocenters. The molecule has 0 bridgehead atoms. The van der Waals surface area contributed by atoms with Crippen molar-refractivity contribution < 1.29 is 24.6 Å². The largest absolute Gasteiger partial charge is 0.480 e. The molecule has 2 aliphatic heterocycles. The second-order valence-electron chi connectivity index (χ2n) is 10.3. The van der Waals surface area contributed by atoms with Crippen molar-refractivity contribution in [3.8, 4) is 0 Å². The molecule has 2 aromatic carbocycles. The Kier molecular flexibility index (Phi) is 9.50. The molecule has 4 N–H and O–H groups in total. The van der Waals surface area contributed by atoms with Gasteiger partial charge in [0.25, 0.3) is 11.8 Å². The van der Waals surface area contributed by atoms with Gasteiger partial charge in [-0.05, 0) is 47.6 Å². The molecule has 43 heavy (non-hydrogen) atoms. The van der Waals surface area contributed by atoms with E-state index in [2.05, 4.69) is 20.6 Å². The maximum atomic E-state index is 13.3. The van der Waals surface area contributed by atoms with Crippen LogP contribution in [0.2, 0.25) is 10.0 Å². The van der Waals surface area contributed by atoms with E-state index < -0.39 is 24.0 Å². The number of nitrogens with zero attached hydrogens (tertiary/aromatic N) is 4. The van der Waals surface area contributed by atoms with Gasteiger partial charge in [0.1, 0.15) is 12.4 Å². The Bertz CT molecular complexity index is 1590. The Labute approximate surface area is 261 Å². The lowest BCUT2D eigenvalue weighted by atomic mass is 9.96. The number of β-amino-alcohol motifs (C(OH)–C–C–N with tert-alkyl or cyclic N) is 1. The summed E-state index contributed by atoms with van der Waals surface area (Å²) in [4.78, 5) is 50.9. The average molecular weight is 646 g/mol. The smallest absolute Gasteiger partial charge is 0.328 e. The lowest BCUT2D eigenvalue weighted by Crippen LogP contribution is -2.51. The molecule has 226 valence electrons. The van der Waals surface area contributed by atoms with Crippen molar-refractivity contribution in [1.29, 1.82) is 0 Å². The number of amides is 2. The second kappa shape index (κ2) is 13.3. The number of aliphatic carboxylic acids is 1. The van der Waals surface area contributed by atoms with E-state index in [1.54, 1.807) is 22.9 Å². The number of nitrogens with one attached hydrogen (secondary N) is 2. The molecule has 0 spiro atoms. The highest BCUT2D eigenvalue weighted by Crippen LogP contribution is 2.36. The Balaban J connectivity index is 1.29. The first-order chi connectivity index (χ1) is 20.7. The van der Waals surface area contributed by atoms with Crippen LogP contribution in [0.25, 0.3) is 10.1 Å². The van der Waals surface area contributed by atoms with Gasteiger partial charge in [-0.15, -0.1) is 11.3 Å². The second-order valence-corrected chi connectivity index (χ2v) is 12.1. The topological polar surface area (TPSA) is 147 Å². The molecule has 3 aromatic rings. The van der Waals surface area contributed by atoms with Crippen molar-refractivity contribution >= 4 is 74.7 Å². The number of aliphatic imine (C=N–C) groups is 2. The number of hydrogen-bond donors (Lipinski definition) is 4. The number of carbonyl (C=O) groups is 3. The standard InChI is InChI=1S/C29H30Cl2N6O5S/c1-32-15-34-29(37-8-6-18(38)14-37)33-12-21(28(41)42)35-26(39)24-20(30)10-17-13-36(9-7-19(17)25(24)31)27(40)23-11-16-4-2-3-5-22(16)43-23/h2-5,10-11,15,18,21,38H,6-9,12-14H2,1H3,(H,35,39)(H,41,42)(H,32,33,34)/t18-,21-/m0/s1. The predicted octanol–water partition coefficient (Wildman–Crippen LogP) is 3.26. The molecule has 0 radical (unpaired) electrons. The first kappa shape index (κ1) is 30.7. The van der Waals surface area contributed by atoms with Crippen molar-refractivity contribution in [2.75, 3.05) is 33.2 Å². The fraction of sp³-hybridized carbons (Fsp3) is 0.345. The lowest BCUT2D eigenvalue weighted by Gasteiger charge is -2.30. The summed E-state index contributed by atoms with van der Waals surface area (Å²) in [7, 11) is 1.55. The minimum Gasteiger partial charge on any atom is -0.480 e. The molecule has 3 heterocycles. The number of carboxylic acids is 1. The number of aliphatic hydroxyl groups excluding tert-OH is 1. The van der Waals surface area contributed by atoms with E-state index in [1.807, 2.05) is 30.3 Å². The van der Waals surface area contributed by atoms with Crippen LogP contribution in [0.5, 0.6) is 0 Å². The lowest BCUT2D eigenvalue weighted by molar-refractivity contribution is -0.139. The number of rotatable bonds is 7. The van der Waals surface area contributed by atoms with Crippen LogP contribution in [0.3, 0.4) is 0 Å². The third kappa shape index (κ3) is 6.77. The van der Waals surface area contributed by atoms with E-state index in [4.69, 9.17) is 23.2 Å². The minimum absolute atomic E-state index is 0.0210. The number of aliphatic hydroxyl groups is 1. The molecule has 1 saturated heterocycles. The van der Waals surface area contributed by atoms with E-state index in [9.17, 15) is 24.6 Å². The molecular formula is C29H30Cl2N6O5S. The van der Waals surface area contributed by atoms with Crippen molar-refractivity contribution in [3.63, 3.8) is 0 Å². The van der Waals surface area contributed by atoms with E-state index >= 15 is 0 Å². The van der Waals surface area contributed by atoms with Gasteiger partial charge in [-0.1, -0.05) is 41.4 Å². The summed E-state index contributed by atoms with van der Waals surface area (Å²) in [5.74, 6) is -1.76. The number of hydrogen-bond acceptors (Lipinski definition) is 6. The summed E-state index contributed by atoms with van der Waals surface area (Å²) < 4.78 is 1.04. The van der Waals surface area contributed by atoms with Gasteiger partial charge in [-0.3, -0.25) is 14.6 Å². The summed E-state index contributed by atoms with van der Waals surface area (Å²) in [6.07, 6.45) is 1.75. The fourth-order valence-electron chi connectivity index (χ4n) is 5.19. The van der Waals surface area contributed by atoms with Gasteiger partial charge >= 0.3 is 5.97 Å². The van der Waals surface area contributed by atoms with Crippen LogP contribution in [0, 0.1) is 0 Å². The van der Waals surface area contributed by atoms with E-state index in [-0.39, 0.29) is 34.6 Å². The minimum atomic E-state index is -1.35. The number of guanidine groups is 1. The number of carboxylic acid groups (broad SMARTS) is 1. The third-order valence-corrected chi connectivity index (χ3v) is 9.20. The third-order valence-electron chi connectivity index (χ3n) is 7.38. The normalized spacial score (nSPS) is 17.8. The summed E-state index contributed by atoms with van der Waals surface area (Å²) >= 11 is 14.7. The SMILES string of the molecule is CN=C/N=C(\NC[C@H](NC(=O)c1c(Cl)cc2c(c1Cl)CCN(C(=O)c1cc3ccccc3s1)C2)C(=O)O)N1CC[C@H](O)C1. The molecule has 5 rings (SSSR count). The van der Waals surface area contributed by atoms with Crippen molar-refractivity contribution in [3.05, 3.63) is 68.0 Å². The van der Waals surface area contributed by atoms with Crippen LogP contribution in [-0.4, -0.2) is 95.5 Å². The van der Waals surface area contributed by atoms with Crippen molar-refractivity contribution in [2.45, 2.75) is 31.5 Å². The Hall–Kier alpha value is -3.71. The maximum Gasteiger partial charge on any atom is 0.328 e. The van der Waals surface area contributed by atoms with Crippen molar-refractivity contribution in [2.24, 2.45) is 9.98 Å². The Morgan fingerprint density at radius 3 is 2.67 bits per heavy atom. The van der Waals surface area contributed by atoms with Crippen LogP contribution in [0.15, 0.2) is 46.4 Å². The van der Waals surface area contributed by atoms with Gasteiger partial charge in [-0.2, -0.15) is 0 Å². The van der Waals surface area contributed by atoms with Gasteiger partial charge in [0.15, 0.2) is 5.96 Å². The summed E-state index contributed by atoms with van der Waals surface area (Å²) in [5, 5.41) is 26.4. The highest BCUT2D eigenvalue weighted by molar-refractivity contribution is 7.20. The van der Waals surface area contributed by atoms with Crippen LogP contribution >= 0.6 is 34.5 Å². The molecule has 1 aromatic heterocycles. The summed E-state index contributed by atoms with van der Waals surface area (Å²) in [6.45, 7) is 1.35. The van der Waals surface area contributed by atoms with Gasteiger partial charge in [-0.25, -0.2) is 9.79 Å². The number of fused-ring (bicyclic) bond motifs is 2. The highest BCUT2D eigenvalue weighted by Gasteiger charge is 2.31. The summed E-state index contributed by atoms with van der Waals surface area (Å²) in [6, 6.07) is 9.98. The molecule has 2 aliphatic rings. The molecule has 14 heteroatoms. The molecule has 11 nitrogen and oxygen atoms in total. The van der Waals surface area contributed by atoms with Gasteiger partial charge in [0.05, 0.1) is 26.6 Å². The molecule has 1 fully saturated rings. The molecule has 2 atom stereocenters. The molecule has 2 amide bonds. The van der Waals surface area contributed by atoms with Crippen LogP contribution in [-0.2, 0) is 17.8 Å². The maximum absolute atomic E-state index is 13.3. The number of carbonyl (C=O) groups excluding carboxylic acids is 2. The first-order valence-electron chi connectivity index (χ1n) is 13.6. The monoisotopic (exact) mass is 644 g/mol. The molecule has 0 saturated carbocycles. The van der Waals surface area contributed by atoms with Crippen LogP contribution in [0.1, 0.15) is 37.6 Å². The average Bonchev–Trinajstić information content (AvgIpc) is 3.62. The number of likely N-dealkylation sites (tertiary alicyclic amines) is 1. The fourth-order valence-corrected chi connectivity index (χ4v) is 6.98. The first-order valence-corrected chi connectivity index (χ1v) is 15.2. The van der Waals surface area contributed by atoms with Gasteiger partial charge in [0.2, 0.25) is 0 Å². The van der Waals surface area contributed by atoms with Gasteiger partial charge in [0, 0.05) is 44.5 Å². The van der Waals surface area contributed by atoms with E-state index in [0.717, 1.165) is 15.6 Å². The summed E-state index contributed by atoms with van der Waals surface area (Å²) in [5.41, 5.74) is 1.41. The zero-order chi connectivity index (χ0) is 30.7. The number of halogens is 2. The quantitative estimate of drug-likeness (QED) is 0.228. The number of thiophene rings is 1. The predicted molar refractivity (Wildman–Crippen MR) is 168 cm³/mol. The van der Waals surface area contributed by atoms with E-state index in [1.165, 1.54) is 17.7 Å². The van der Waals surface area contributed by atoms with Crippen LogP contribution < -0.4 is 10.6 Å². The van der Waals surface area contributed by atoms with E-state index in [0.29, 0.717) is 48.9 Å². The number of benzene rings is 2. The van der Waals surface area contributed by atoms with Gasteiger partial charge < -0.3 is 30.6 Å². The Morgan fingerprint density at radius 2 is 1.98 bits per heavy atom.